The summed E-state index contributed by atoms with van der Waals surface area (Å²) < 4.78 is 0.339. The second-order valence-corrected chi connectivity index (χ2v) is 7.78. The first-order chi connectivity index (χ1) is 8.55. The van der Waals surface area contributed by atoms with E-state index in [1.807, 2.05) is 23.5 Å². The van der Waals surface area contributed by atoms with Crippen molar-refractivity contribution in [3.63, 3.8) is 0 Å². The van der Waals surface area contributed by atoms with E-state index >= 15 is 0 Å². The molecule has 106 valence electrons. The second-order valence-electron chi connectivity index (χ2n) is 5.50. The molecule has 1 saturated heterocycles. The van der Waals surface area contributed by atoms with Gasteiger partial charge < -0.3 is 5.32 Å². The van der Waals surface area contributed by atoms with Gasteiger partial charge in [-0.25, -0.2) is 0 Å². The van der Waals surface area contributed by atoms with E-state index in [2.05, 4.69) is 39.3 Å². The van der Waals surface area contributed by atoms with Crippen LogP contribution in [0.2, 0.25) is 0 Å². The first kappa shape index (κ1) is 16.2. The minimum Gasteiger partial charge on any atom is -0.361 e. The summed E-state index contributed by atoms with van der Waals surface area (Å²) in [4.78, 5) is 4.81. The Bertz CT molecular complexity index is 265. The third-order valence-corrected chi connectivity index (χ3v) is 6.40. The van der Waals surface area contributed by atoms with Crippen LogP contribution in [0.25, 0.3) is 0 Å². The normalized spacial score (nSPS) is 22.8. The fourth-order valence-electron chi connectivity index (χ4n) is 2.27. The molecule has 0 spiro atoms. The number of nitrogens with one attached hydrogen (secondary N) is 1. The number of aliphatic imine (C=N–C) groups is 1. The Kier molecular flexibility index (Phi) is 6.93. The topological polar surface area (TPSA) is 24.4 Å². The number of hydrogen-bond acceptors (Lipinski definition) is 3. The van der Waals surface area contributed by atoms with E-state index in [1.165, 1.54) is 30.2 Å². The average molecular weight is 289 g/mol. The highest BCUT2D eigenvalue weighted by Gasteiger charge is 2.26. The van der Waals surface area contributed by atoms with Gasteiger partial charge in [0.25, 0.3) is 0 Å². The van der Waals surface area contributed by atoms with Gasteiger partial charge in [0.15, 0.2) is 5.17 Å². The van der Waals surface area contributed by atoms with Gasteiger partial charge in [0.2, 0.25) is 0 Å². The van der Waals surface area contributed by atoms with Crippen molar-refractivity contribution in [3.05, 3.63) is 0 Å². The van der Waals surface area contributed by atoms with Gasteiger partial charge in [-0.2, -0.15) is 11.8 Å². The molecule has 0 aromatic heterocycles. The maximum atomic E-state index is 4.81. The van der Waals surface area contributed by atoms with Crippen molar-refractivity contribution in [2.45, 2.75) is 57.7 Å². The molecule has 1 fully saturated rings. The lowest BCUT2D eigenvalue weighted by Gasteiger charge is -2.27. The van der Waals surface area contributed by atoms with E-state index in [9.17, 15) is 0 Å². The highest BCUT2D eigenvalue weighted by Crippen LogP contribution is 2.31. The number of nitrogens with zero attached hydrogens (tertiary/aromatic N) is 1. The smallest absolute Gasteiger partial charge is 0.156 e. The van der Waals surface area contributed by atoms with Gasteiger partial charge in [-0.05, 0) is 31.4 Å². The highest BCUT2D eigenvalue weighted by atomic mass is 32.2. The van der Waals surface area contributed by atoms with E-state index in [1.54, 1.807) is 0 Å². The molecular formula is C14H28N2S2. The molecule has 1 aliphatic rings. The van der Waals surface area contributed by atoms with Crippen LogP contribution >= 0.6 is 23.5 Å². The SMILES string of the molecule is CCC(CC)(CN=C1NC(CC(C)C)CS1)SC. The Labute approximate surface area is 121 Å². The highest BCUT2D eigenvalue weighted by molar-refractivity contribution is 8.14. The number of hydrogen-bond donors (Lipinski definition) is 1. The van der Waals surface area contributed by atoms with Crippen molar-refractivity contribution < 1.29 is 0 Å². The Morgan fingerprint density at radius 3 is 2.61 bits per heavy atom. The van der Waals surface area contributed by atoms with E-state index in [0.717, 1.165) is 12.5 Å². The third kappa shape index (κ3) is 4.69. The van der Waals surface area contributed by atoms with Gasteiger partial charge in [-0.3, -0.25) is 4.99 Å². The Balaban J connectivity index is 2.49. The molecule has 1 unspecified atom stereocenters. The summed E-state index contributed by atoms with van der Waals surface area (Å²) in [7, 11) is 0. The van der Waals surface area contributed by atoms with Crippen molar-refractivity contribution >= 4 is 28.7 Å². The quantitative estimate of drug-likeness (QED) is 0.766. The molecule has 1 atom stereocenters. The Morgan fingerprint density at radius 2 is 2.11 bits per heavy atom. The molecule has 0 amide bonds. The van der Waals surface area contributed by atoms with Gasteiger partial charge in [-0.15, -0.1) is 0 Å². The van der Waals surface area contributed by atoms with Crippen molar-refractivity contribution in [3.8, 4) is 0 Å². The number of amidine groups is 1. The van der Waals surface area contributed by atoms with Gasteiger partial charge in [-0.1, -0.05) is 39.5 Å². The molecule has 0 saturated carbocycles. The van der Waals surface area contributed by atoms with Crippen LogP contribution in [0.3, 0.4) is 0 Å². The summed E-state index contributed by atoms with van der Waals surface area (Å²) in [6.07, 6.45) is 5.86. The fourth-order valence-corrected chi connectivity index (χ4v) is 4.02. The maximum absolute atomic E-state index is 4.81. The van der Waals surface area contributed by atoms with E-state index in [4.69, 9.17) is 4.99 Å². The molecule has 0 aromatic rings. The van der Waals surface area contributed by atoms with Crippen molar-refractivity contribution in [1.29, 1.82) is 0 Å². The summed E-state index contributed by atoms with van der Waals surface area (Å²) in [6.45, 7) is 10.1. The summed E-state index contributed by atoms with van der Waals surface area (Å²) in [6, 6.07) is 0.626. The predicted molar refractivity (Wildman–Crippen MR) is 88.0 cm³/mol. The monoisotopic (exact) mass is 288 g/mol. The zero-order chi connectivity index (χ0) is 13.6. The summed E-state index contributed by atoms with van der Waals surface area (Å²) in [5, 5.41) is 4.74. The summed E-state index contributed by atoms with van der Waals surface area (Å²) in [5.41, 5.74) is 0. The zero-order valence-electron chi connectivity index (χ0n) is 12.5. The summed E-state index contributed by atoms with van der Waals surface area (Å²) in [5.74, 6) is 1.95. The molecule has 1 aliphatic heterocycles. The van der Waals surface area contributed by atoms with Crippen LogP contribution in [0.1, 0.15) is 47.0 Å². The van der Waals surface area contributed by atoms with Crippen molar-refractivity contribution in [2.75, 3.05) is 18.6 Å². The van der Waals surface area contributed by atoms with Crippen LogP contribution in [-0.4, -0.2) is 34.5 Å². The molecular weight excluding hydrogens is 260 g/mol. The van der Waals surface area contributed by atoms with E-state index in [-0.39, 0.29) is 0 Å². The molecule has 0 aromatic carbocycles. The van der Waals surface area contributed by atoms with Crippen molar-refractivity contribution in [2.24, 2.45) is 10.9 Å². The minimum absolute atomic E-state index is 0.339. The average Bonchev–Trinajstić information content (AvgIpc) is 2.78. The van der Waals surface area contributed by atoms with Crippen LogP contribution in [0.5, 0.6) is 0 Å². The molecule has 2 nitrogen and oxygen atoms in total. The van der Waals surface area contributed by atoms with Gasteiger partial charge in [0.1, 0.15) is 0 Å². The van der Waals surface area contributed by atoms with Crippen LogP contribution in [0, 0.1) is 5.92 Å². The molecule has 18 heavy (non-hydrogen) atoms. The maximum Gasteiger partial charge on any atom is 0.156 e. The number of thioether (sulfide) groups is 2. The third-order valence-electron chi connectivity index (χ3n) is 3.74. The Morgan fingerprint density at radius 1 is 1.44 bits per heavy atom. The lowest BCUT2D eigenvalue weighted by Crippen LogP contribution is -2.31. The van der Waals surface area contributed by atoms with Crippen LogP contribution in [0.15, 0.2) is 4.99 Å². The Hall–Kier alpha value is 0.170. The molecule has 1 N–H and O–H groups in total. The molecule has 1 heterocycles. The zero-order valence-corrected chi connectivity index (χ0v) is 14.1. The summed E-state index contributed by atoms with van der Waals surface area (Å²) >= 11 is 3.86. The van der Waals surface area contributed by atoms with Gasteiger partial charge >= 0.3 is 0 Å². The predicted octanol–water partition coefficient (Wildman–Crippen LogP) is 4.02. The molecule has 4 heteroatoms. The lowest BCUT2D eigenvalue weighted by molar-refractivity contribution is 0.501. The van der Waals surface area contributed by atoms with Crippen LogP contribution < -0.4 is 5.32 Å². The van der Waals surface area contributed by atoms with Gasteiger partial charge in [0, 0.05) is 16.5 Å². The minimum atomic E-state index is 0.339. The van der Waals surface area contributed by atoms with Crippen molar-refractivity contribution in [1.82, 2.24) is 5.32 Å². The molecule has 0 bridgehead atoms. The molecule has 1 rings (SSSR count). The molecule has 0 aliphatic carbocycles. The number of rotatable bonds is 7. The van der Waals surface area contributed by atoms with Gasteiger partial charge in [0.05, 0.1) is 6.54 Å². The van der Waals surface area contributed by atoms with E-state index < -0.39 is 0 Å². The first-order valence-corrected chi connectivity index (χ1v) is 9.25. The lowest BCUT2D eigenvalue weighted by atomic mass is 10.0. The van der Waals surface area contributed by atoms with Crippen LogP contribution in [-0.2, 0) is 0 Å². The fraction of sp³-hybridized carbons (Fsp3) is 0.929. The largest absolute Gasteiger partial charge is 0.361 e. The standard InChI is InChI=1S/C14H28N2S2/c1-6-14(7-2,17-5)10-15-13-16-12(9-18-13)8-11(3)4/h11-12H,6-10H2,1-5H3,(H,15,16). The first-order valence-electron chi connectivity index (χ1n) is 7.04. The van der Waals surface area contributed by atoms with Crippen LogP contribution in [0.4, 0.5) is 0 Å². The van der Waals surface area contributed by atoms with E-state index in [0.29, 0.717) is 10.8 Å². The second kappa shape index (κ2) is 7.68. The molecule has 0 radical (unpaired) electrons.